The summed E-state index contributed by atoms with van der Waals surface area (Å²) >= 11 is 5.80. The third-order valence-corrected chi connectivity index (χ3v) is 4.25. The Morgan fingerprint density at radius 2 is 2.30 bits per heavy atom. The molecular weight excluding hydrogens is 281 g/mol. The number of benzene rings is 1. The number of esters is 1. The number of carbonyl (C=O) groups is 1. The Morgan fingerprint density at radius 3 is 2.95 bits per heavy atom. The van der Waals surface area contributed by atoms with Gasteiger partial charge in [0.05, 0.1) is 18.1 Å². The number of piperidine rings is 1. The number of likely N-dealkylation sites (tertiary alicyclic amines) is 1. The van der Waals surface area contributed by atoms with Crippen LogP contribution in [0.2, 0.25) is 5.02 Å². The van der Waals surface area contributed by atoms with Crippen LogP contribution in [0.25, 0.3) is 0 Å². The van der Waals surface area contributed by atoms with Crippen molar-refractivity contribution in [2.24, 2.45) is 5.92 Å². The molecule has 0 radical (unpaired) electrons. The fourth-order valence-corrected chi connectivity index (χ4v) is 2.92. The standard InChI is InChI=1S/C15H19ClFNO2/c1-10-8-11(15(19)20-2)6-7-18(10)9-12-4-3-5-13(16)14(12)17/h3-5,10-11H,6-9H2,1-2H3. The third-order valence-electron chi connectivity index (χ3n) is 3.95. The second kappa shape index (κ2) is 6.55. The van der Waals surface area contributed by atoms with E-state index in [-0.39, 0.29) is 28.8 Å². The van der Waals surface area contributed by atoms with Gasteiger partial charge in [-0.15, -0.1) is 0 Å². The Morgan fingerprint density at radius 1 is 1.55 bits per heavy atom. The highest BCUT2D eigenvalue weighted by Crippen LogP contribution is 2.27. The molecule has 1 saturated heterocycles. The normalized spacial score (nSPS) is 23.6. The lowest BCUT2D eigenvalue weighted by atomic mass is 9.91. The molecule has 110 valence electrons. The van der Waals surface area contributed by atoms with Crippen LogP contribution in [0.4, 0.5) is 4.39 Å². The van der Waals surface area contributed by atoms with Gasteiger partial charge in [-0.05, 0) is 32.4 Å². The van der Waals surface area contributed by atoms with E-state index in [9.17, 15) is 9.18 Å². The Bertz CT molecular complexity index is 495. The molecule has 2 atom stereocenters. The maximum Gasteiger partial charge on any atom is 0.308 e. The SMILES string of the molecule is COC(=O)C1CCN(Cc2cccc(Cl)c2F)C(C)C1. The van der Waals surface area contributed by atoms with Crippen molar-refractivity contribution >= 4 is 17.6 Å². The summed E-state index contributed by atoms with van der Waals surface area (Å²) in [6.45, 7) is 3.33. The lowest BCUT2D eigenvalue weighted by Crippen LogP contribution is -2.42. The maximum absolute atomic E-state index is 13.9. The number of ether oxygens (including phenoxy) is 1. The molecule has 5 heteroatoms. The molecule has 0 N–H and O–H groups in total. The van der Waals surface area contributed by atoms with Crippen molar-refractivity contribution in [3.05, 3.63) is 34.6 Å². The number of nitrogens with zero attached hydrogens (tertiary/aromatic N) is 1. The number of methoxy groups -OCH3 is 1. The molecule has 2 rings (SSSR count). The molecule has 0 bridgehead atoms. The number of carbonyl (C=O) groups excluding carboxylic acids is 1. The topological polar surface area (TPSA) is 29.5 Å². The van der Waals surface area contributed by atoms with Crippen molar-refractivity contribution in [2.45, 2.75) is 32.4 Å². The van der Waals surface area contributed by atoms with Gasteiger partial charge in [0, 0.05) is 18.2 Å². The minimum absolute atomic E-state index is 0.0459. The summed E-state index contributed by atoms with van der Waals surface area (Å²) in [7, 11) is 1.42. The Kier molecular flexibility index (Phi) is 5.00. The molecule has 0 amide bonds. The number of hydrogen-bond donors (Lipinski definition) is 0. The molecule has 2 unspecified atom stereocenters. The highest BCUT2D eigenvalue weighted by molar-refractivity contribution is 6.30. The lowest BCUT2D eigenvalue weighted by molar-refractivity contribution is -0.147. The Labute approximate surface area is 123 Å². The van der Waals surface area contributed by atoms with Gasteiger partial charge in [-0.3, -0.25) is 9.69 Å². The van der Waals surface area contributed by atoms with Crippen LogP contribution in [-0.4, -0.2) is 30.6 Å². The first kappa shape index (κ1) is 15.3. The smallest absolute Gasteiger partial charge is 0.308 e. The van der Waals surface area contributed by atoms with Crippen LogP contribution < -0.4 is 0 Å². The average molecular weight is 300 g/mol. The second-order valence-corrected chi connectivity index (χ2v) is 5.68. The van der Waals surface area contributed by atoms with Crippen LogP contribution in [0.1, 0.15) is 25.3 Å². The molecular formula is C15H19ClFNO2. The van der Waals surface area contributed by atoms with Crippen molar-refractivity contribution in [1.82, 2.24) is 4.90 Å². The summed E-state index contributed by atoms with van der Waals surface area (Å²) in [4.78, 5) is 13.7. The van der Waals surface area contributed by atoms with E-state index < -0.39 is 0 Å². The zero-order chi connectivity index (χ0) is 14.7. The highest BCUT2D eigenvalue weighted by atomic mass is 35.5. The van der Waals surface area contributed by atoms with Crippen LogP contribution in [0.3, 0.4) is 0 Å². The van der Waals surface area contributed by atoms with Gasteiger partial charge in [-0.2, -0.15) is 0 Å². The quantitative estimate of drug-likeness (QED) is 0.803. The molecule has 0 aromatic heterocycles. The van der Waals surface area contributed by atoms with Crippen LogP contribution >= 0.6 is 11.6 Å². The molecule has 1 fully saturated rings. The van der Waals surface area contributed by atoms with E-state index in [1.54, 1.807) is 18.2 Å². The molecule has 1 aromatic rings. The fraction of sp³-hybridized carbons (Fsp3) is 0.533. The minimum atomic E-state index is -0.351. The van der Waals surface area contributed by atoms with Gasteiger partial charge in [-0.25, -0.2) is 4.39 Å². The van der Waals surface area contributed by atoms with Crippen molar-refractivity contribution in [3.8, 4) is 0 Å². The first-order chi connectivity index (χ1) is 9.52. The van der Waals surface area contributed by atoms with E-state index in [1.807, 2.05) is 0 Å². The van der Waals surface area contributed by atoms with Gasteiger partial charge < -0.3 is 4.74 Å². The molecule has 1 aromatic carbocycles. The average Bonchev–Trinajstić information content (AvgIpc) is 2.45. The predicted molar refractivity (Wildman–Crippen MR) is 76.0 cm³/mol. The molecule has 0 aliphatic carbocycles. The van der Waals surface area contributed by atoms with E-state index in [0.29, 0.717) is 12.1 Å². The first-order valence-electron chi connectivity index (χ1n) is 6.77. The van der Waals surface area contributed by atoms with Crippen molar-refractivity contribution < 1.29 is 13.9 Å². The van der Waals surface area contributed by atoms with Gasteiger partial charge in [0.15, 0.2) is 0 Å². The third kappa shape index (κ3) is 3.30. The van der Waals surface area contributed by atoms with E-state index in [2.05, 4.69) is 11.8 Å². The summed E-state index contributed by atoms with van der Waals surface area (Å²) in [5.74, 6) is -0.544. The summed E-state index contributed by atoms with van der Waals surface area (Å²) in [6.07, 6.45) is 1.49. The van der Waals surface area contributed by atoms with E-state index >= 15 is 0 Å². The first-order valence-corrected chi connectivity index (χ1v) is 7.15. The summed E-state index contributed by atoms with van der Waals surface area (Å²) in [5.41, 5.74) is 0.598. The van der Waals surface area contributed by atoms with Crippen molar-refractivity contribution in [1.29, 1.82) is 0 Å². The number of hydrogen-bond acceptors (Lipinski definition) is 3. The molecule has 1 aliphatic rings. The van der Waals surface area contributed by atoms with E-state index in [4.69, 9.17) is 16.3 Å². The monoisotopic (exact) mass is 299 g/mol. The van der Waals surface area contributed by atoms with Crippen LogP contribution in [0, 0.1) is 11.7 Å². The summed E-state index contributed by atoms with van der Waals surface area (Å²) in [5, 5.41) is 0.152. The Balaban J connectivity index is 2.01. The zero-order valence-electron chi connectivity index (χ0n) is 11.7. The van der Waals surface area contributed by atoms with E-state index in [0.717, 1.165) is 19.4 Å². The lowest BCUT2D eigenvalue weighted by Gasteiger charge is -2.36. The van der Waals surface area contributed by atoms with Gasteiger partial charge in [0.1, 0.15) is 5.82 Å². The minimum Gasteiger partial charge on any atom is -0.469 e. The molecule has 3 nitrogen and oxygen atoms in total. The molecule has 1 heterocycles. The fourth-order valence-electron chi connectivity index (χ4n) is 2.73. The van der Waals surface area contributed by atoms with Gasteiger partial charge in [-0.1, -0.05) is 23.7 Å². The maximum atomic E-state index is 13.9. The Hall–Kier alpha value is -1.13. The zero-order valence-corrected chi connectivity index (χ0v) is 12.5. The number of rotatable bonds is 3. The molecule has 0 spiro atoms. The van der Waals surface area contributed by atoms with Gasteiger partial charge in [0.2, 0.25) is 0 Å². The molecule has 20 heavy (non-hydrogen) atoms. The predicted octanol–water partition coefficient (Wildman–Crippen LogP) is 3.25. The second-order valence-electron chi connectivity index (χ2n) is 5.28. The van der Waals surface area contributed by atoms with Crippen LogP contribution in [-0.2, 0) is 16.1 Å². The van der Waals surface area contributed by atoms with Crippen molar-refractivity contribution in [3.63, 3.8) is 0 Å². The summed E-state index contributed by atoms with van der Waals surface area (Å²) < 4.78 is 18.7. The highest BCUT2D eigenvalue weighted by Gasteiger charge is 2.30. The van der Waals surface area contributed by atoms with E-state index in [1.165, 1.54) is 7.11 Å². The van der Waals surface area contributed by atoms with Crippen LogP contribution in [0.5, 0.6) is 0 Å². The van der Waals surface area contributed by atoms with Gasteiger partial charge >= 0.3 is 5.97 Å². The van der Waals surface area contributed by atoms with Gasteiger partial charge in [0.25, 0.3) is 0 Å². The largest absolute Gasteiger partial charge is 0.469 e. The van der Waals surface area contributed by atoms with Crippen LogP contribution in [0.15, 0.2) is 18.2 Å². The van der Waals surface area contributed by atoms with Crippen molar-refractivity contribution in [2.75, 3.05) is 13.7 Å². The molecule has 1 aliphatic heterocycles. The summed E-state index contributed by atoms with van der Waals surface area (Å²) in [6, 6.07) is 5.27. The number of halogens is 2. The molecule has 0 saturated carbocycles.